The SMILES string of the molecule is CCCCc1ccc(C2CCC(c3ccc(S)cc3)CC2)cc1. The lowest BCUT2D eigenvalue weighted by Gasteiger charge is -2.29. The lowest BCUT2D eigenvalue weighted by Crippen LogP contribution is -2.12. The van der Waals surface area contributed by atoms with E-state index in [1.54, 1.807) is 5.56 Å². The van der Waals surface area contributed by atoms with Crippen molar-refractivity contribution in [2.75, 3.05) is 0 Å². The van der Waals surface area contributed by atoms with Gasteiger partial charge in [-0.1, -0.05) is 49.7 Å². The summed E-state index contributed by atoms with van der Waals surface area (Å²) in [6, 6.07) is 18.2. The summed E-state index contributed by atoms with van der Waals surface area (Å²) >= 11 is 4.39. The Morgan fingerprint density at radius 1 is 0.783 bits per heavy atom. The molecule has 1 saturated carbocycles. The zero-order valence-electron chi connectivity index (χ0n) is 14.2. The van der Waals surface area contributed by atoms with Gasteiger partial charge in [0.25, 0.3) is 0 Å². The summed E-state index contributed by atoms with van der Waals surface area (Å²) in [6.07, 6.45) is 9.08. The van der Waals surface area contributed by atoms with E-state index in [2.05, 4.69) is 68.1 Å². The van der Waals surface area contributed by atoms with E-state index >= 15 is 0 Å². The van der Waals surface area contributed by atoms with Crippen LogP contribution in [0, 0.1) is 0 Å². The molecule has 1 heteroatoms. The van der Waals surface area contributed by atoms with Crippen LogP contribution in [-0.2, 0) is 6.42 Å². The van der Waals surface area contributed by atoms with Gasteiger partial charge in [-0.25, -0.2) is 0 Å². The Labute approximate surface area is 146 Å². The number of aryl methyl sites for hydroxylation is 1. The Morgan fingerprint density at radius 3 is 1.74 bits per heavy atom. The topological polar surface area (TPSA) is 0 Å². The Balaban J connectivity index is 1.57. The summed E-state index contributed by atoms with van der Waals surface area (Å²) in [5, 5.41) is 0. The minimum absolute atomic E-state index is 0.740. The minimum atomic E-state index is 0.740. The summed E-state index contributed by atoms with van der Waals surface area (Å²) in [5.74, 6) is 1.50. The monoisotopic (exact) mass is 324 g/mol. The highest BCUT2D eigenvalue weighted by molar-refractivity contribution is 7.80. The van der Waals surface area contributed by atoms with Gasteiger partial charge in [0.2, 0.25) is 0 Å². The summed E-state index contributed by atoms with van der Waals surface area (Å²) < 4.78 is 0. The van der Waals surface area contributed by atoms with Gasteiger partial charge in [-0.3, -0.25) is 0 Å². The quantitative estimate of drug-likeness (QED) is 0.577. The molecule has 0 bridgehead atoms. The van der Waals surface area contributed by atoms with Gasteiger partial charge in [0.15, 0.2) is 0 Å². The number of unbranched alkanes of at least 4 members (excludes halogenated alkanes) is 1. The third-order valence-electron chi connectivity index (χ3n) is 5.36. The molecular weight excluding hydrogens is 296 g/mol. The van der Waals surface area contributed by atoms with E-state index in [0.717, 1.165) is 16.7 Å². The fourth-order valence-electron chi connectivity index (χ4n) is 3.84. The predicted molar refractivity (Wildman–Crippen MR) is 103 cm³/mol. The first kappa shape index (κ1) is 16.6. The van der Waals surface area contributed by atoms with Gasteiger partial charge in [-0.05, 0) is 79.2 Å². The maximum absolute atomic E-state index is 4.39. The van der Waals surface area contributed by atoms with E-state index in [0.29, 0.717) is 0 Å². The molecule has 23 heavy (non-hydrogen) atoms. The first-order valence-electron chi connectivity index (χ1n) is 9.14. The fraction of sp³-hybridized carbons (Fsp3) is 0.455. The molecule has 0 heterocycles. The van der Waals surface area contributed by atoms with E-state index in [1.807, 2.05) is 0 Å². The van der Waals surface area contributed by atoms with Crippen LogP contribution in [0.1, 0.15) is 74.0 Å². The van der Waals surface area contributed by atoms with Crippen molar-refractivity contribution in [3.63, 3.8) is 0 Å². The minimum Gasteiger partial charge on any atom is -0.143 e. The molecule has 122 valence electrons. The Bertz CT molecular complexity index is 589. The molecule has 0 unspecified atom stereocenters. The van der Waals surface area contributed by atoms with Crippen LogP contribution in [-0.4, -0.2) is 0 Å². The van der Waals surface area contributed by atoms with E-state index in [1.165, 1.54) is 56.1 Å². The first-order chi connectivity index (χ1) is 11.3. The molecule has 2 aromatic rings. The molecule has 1 fully saturated rings. The molecule has 1 aliphatic rings. The van der Waals surface area contributed by atoms with Gasteiger partial charge in [0.05, 0.1) is 0 Å². The zero-order valence-corrected chi connectivity index (χ0v) is 15.1. The number of hydrogen-bond donors (Lipinski definition) is 1. The summed E-state index contributed by atoms with van der Waals surface area (Å²) in [6.45, 7) is 2.26. The summed E-state index contributed by atoms with van der Waals surface area (Å²) in [4.78, 5) is 1.06. The van der Waals surface area contributed by atoms with Gasteiger partial charge in [0, 0.05) is 4.90 Å². The van der Waals surface area contributed by atoms with E-state index < -0.39 is 0 Å². The van der Waals surface area contributed by atoms with Crippen molar-refractivity contribution in [1.82, 2.24) is 0 Å². The van der Waals surface area contributed by atoms with E-state index in [4.69, 9.17) is 0 Å². The van der Waals surface area contributed by atoms with Crippen molar-refractivity contribution in [1.29, 1.82) is 0 Å². The number of rotatable bonds is 5. The van der Waals surface area contributed by atoms with Crippen LogP contribution in [0.15, 0.2) is 53.4 Å². The maximum atomic E-state index is 4.39. The summed E-state index contributed by atoms with van der Waals surface area (Å²) in [5.41, 5.74) is 4.54. The predicted octanol–water partition coefficient (Wildman–Crippen LogP) is 6.76. The molecule has 0 nitrogen and oxygen atoms in total. The third-order valence-corrected chi connectivity index (χ3v) is 5.66. The Kier molecular flexibility index (Phi) is 5.83. The normalized spacial score (nSPS) is 21.3. The highest BCUT2D eigenvalue weighted by Gasteiger charge is 2.23. The van der Waals surface area contributed by atoms with Crippen LogP contribution in [0.3, 0.4) is 0 Å². The molecule has 2 aromatic carbocycles. The molecule has 0 radical (unpaired) electrons. The van der Waals surface area contributed by atoms with Crippen LogP contribution in [0.2, 0.25) is 0 Å². The lowest BCUT2D eigenvalue weighted by atomic mass is 9.76. The molecule has 0 N–H and O–H groups in total. The van der Waals surface area contributed by atoms with E-state index in [-0.39, 0.29) is 0 Å². The molecule has 0 spiro atoms. The number of benzene rings is 2. The second-order valence-corrected chi connectivity index (χ2v) is 7.50. The summed E-state index contributed by atoms with van der Waals surface area (Å²) in [7, 11) is 0. The molecule has 0 aromatic heterocycles. The molecule has 0 amide bonds. The molecule has 1 aliphatic carbocycles. The van der Waals surface area contributed by atoms with Crippen LogP contribution in [0.5, 0.6) is 0 Å². The first-order valence-corrected chi connectivity index (χ1v) is 9.58. The second-order valence-electron chi connectivity index (χ2n) is 6.99. The number of thiol groups is 1. The molecule has 0 saturated heterocycles. The van der Waals surface area contributed by atoms with Gasteiger partial charge in [-0.15, -0.1) is 12.6 Å². The van der Waals surface area contributed by atoms with Crippen LogP contribution < -0.4 is 0 Å². The van der Waals surface area contributed by atoms with Crippen molar-refractivity contribution in [2.24, 2.45) is 0 Å². The van der Waals surface area contributed by atoms with Crippen molar-refractivity contribution in [3.05, 3.63) is 65.2 Å². The average molecular weight is 325 g/mol. The van der Waals surface area contributed by atoms with E-state index in [9.17, 15) is 0 Å². The Morgan fingerprint density at radius 2 is 1.26 bits per heavy atom. The van der Waals surface area contributed by atoms with Crippen molar-refractivity contribution in [3.8, 4) is 0 Å². The van der Waals surface area contributed by atoms with Gasteiger partial charge >= 0.3 is 0 Å². The Hall–Kier alpha value is -1.21. The molecular formula is C22H28S. The van der Waals surface area contributed by atoms with Crippen molar-refractivity contribution >= 4 is 12.6 Å². The maximum Gasteiger partial charge on any atom is 0.00401 e. The van der Waals surface area contributed by atoms with Gasteiger partial charge in [0.1, 0.15) is 0 Å². The van der Waals surface area contributed by atoms with Crippen LogP contribution in [0.25, 0.3) is 0 Å². The third kappa shape index (κ3) is 4.41. The van der Waals surface area contributed by atoms with Gasteiger partial charge in [-0.2, -0.15) is 0 Å². The zero-order chi connectivity index (χ0) is 16.1. The van der Waals surface area contributed by atoms with Crippen molar-refractivity contribution in [2.45, 2.75) is 68.6 Å². The van der Waals surface area contributed by atoms with Crippen molar-refractivity contribution < 1.29 is 0 Å². The molecule has 3 rings (SSSR count). The number of hydrogen-bond acceptors (Lipinski definition) is 1. The van der Waals surface area contributed by atoms with Crippen LogP contribution >= 0.6 is 12.6 Å². The highest BCUT2D eigenvalue weighted by atomic mass is 32.1. The fourth-order valence-corrected chi connectivity index (χ4v) is 3.99. The standard InChI is InChI=1S/C22H28S/c1-2-3-4-17-5-7-18(8-6-17)19-9-11-20(12-10-19)21-13-15-22(23)16-14-21/h5-8,13-16,19-20,23H,2-4,9-12H2,1H3. The largest absolute Gasteiger partial charge is 0.143 e. The molecule has 0 atom stereocenters. The highest BCUT2D eigenvalue weighted by Crippen LogP contribution is 2.40. The smallest absolute Gasteiger partial charge is 0.00401 e. The average Bonchev–Trinajstić information content (AvgIpc) is 2.61. The molecule has 0 aliphatic heterocycles. The van der Waals surface area contributed by atoms with Crippen LogP contribution in [0.4, 0.5) is 0 Å². The lowest BCUT2D eigenvalue weighted by molar-refractivity contribution is 0.396. The van der Waals surface area contributed by atoms with Gasteiger partial charge < -0.3 is 0 Å². The second kappa shape index (κ2) is 8.06.